The van der Waals surface area contributed by atoms with E-state index in [-0.39, 0.29) is 42.3 Å². The molecule has 204 valence electrons. The first-order chi connectivity index (χ1) is 17.3. The quantitative estimate of drug-likeness (QED) is 0.167. The summed E-state index contributed by atoms with van der Waals surface area (Å²) in [6.07, 6.45) is 1.18. The monoisotopic (exact) mass is 546 g/mol. The lowest BCUT2D eigenvalue weighted by molar-refractivity contribution is -0.142. The van der Waals surface area contributed by atoms with Gasteiger partial charge in [-0.15, -0.1) is 0 Å². The third kappa shape index (κ3) is 9.04. The van der Waals surface area contributed by atoms with Crippen molar-refractivity contribution in [1.29, 1.82) is 0 Å². The van der Waals surface area contributed by atoms with E-state index >= 15 is 0 Å². The number of rotatable bonds is 13. The number of hydrogen-bond acceptors (Lipinski definition) is 6. The van der Waals surface area contributed by atoms with Gasteiger partial charge in [0.2, 0.25) is 0 Å². The van der Waals surface area contributed by atoms with Gasteiger partial charge in [-0.3, -0.25) is 9.36 Å². The summed E-state index contributed by atoms with van der Waals surface area (Å²) in [6, 6.07) is 20.7. The first kappa shape index (κ1) is 31.2. The minimum absolute atomic E-state index is 0.0907. The molecule has 0 saturated carbocycles. The Morgan fingerprint density at radius 2 is 1.32 bits per heavy atom. The second kappa shape index (κ2) is 13.7. The summed E-state index contributed by atoms with van der Waals surface area (Å²) in [5.41, 5.74) is 0. The first-order valence-corrected chi connectivity index (χ1v) is 16.4. The van der Waals surface area contributed by atoms with Gasteiger partial charge in [0.15, 0.2) is 0 Å². The van der Waals surface area contributed by atoms with Crippen molar-refractivity contribution in [2.75, 3.05) is 13.2 Å². The number of hydrogen-bond donors (Lipinski definition) is 0. The molecule has 0 aliphatic rings. The van der Waals surface area contributed by atoms with Crippen molar-refractivity contribution in [3.63, 3.8) is 0 Å². The van der Waals surface area contributed by atoms with Crippen LogP contribution in [0.4, 0.5) is 0 Å². The molecule has 0 aliphatic heterocycles. The van der Waals surface area contributed by atoms with E-state index in [4.69, 9.17) is 18.2 Å². The van der Waals surface area contributed by atoms with Crippen LogP contribution in [0.2, 0.25) is 5.04 Å². The van der Waals surface area contributed by atoms with Crippen molar-refractivity contribution in [3.8, 4) is 0 Å². The fraction of sp³-hybridized carbons (Fsp3) is 0.483. The smallest absolute Gasteiger partial charge is 0.354 e. The molecule has 2 rings (SSSR count). The first-order valence-electron chi connectivity index (χ1n) is 12.8. The van der Waals surface area contributed by atoms with Gasteiger partial charge in [0.05, 0.1) is 18.8 Å². The maximum Gasteiger partial charge on any atom is 0.354 e. The standard InChI is InChI=1S/C29H43O6PSi/c1-23(2)34-36(31,35-24(3)4)20-19-26(21-32-25(5)30)22-33-37(29(6,7)8,27-15-11-9-12-16-27)28-17-13-10-14-18-28/h9-20,23-24,26H,21-22H2,1-8H3. The van der Waals surface area contributed by atoms with Gasteiger partial charge < -0.3 is 18.2 Å². The van der Waals surface area contributed by atoms with Crippen molar-refractivity contribution in [2.24, 2.45) is 5.92 Å². The van der Waals surface area contributed by atoms with Gasteiger partial charge in [-0.25, -0.2) is 0 Å². The molecule has 8 heteroatoms. The molecule has 6 nitrogen and oxygen atoms in total. The Hall–Kier alpha value is -2.02. The van der Waals surface area contributed by atoms with Crippen LogP contribution in [-0.4, -0.2) is 39.7 Å². The van der Waals surface area contributed by atoms with E-state index in [1.807, 2.05) is 64.1 Å². The number of benzene rings is 2. The zero-order valence-electron chi connectivity index (χ0n) is 23.5. The number of carbonyl (C=O) groups is 1. The molecular formula is C29H43O6PSi. The molecule has 0 aromatic heterocycles. The molecule has 0 fully saturated rings. The molecule has 0 radical (unpaired) electrons. The van der Waals surface area contributed by atoms with Crippen molar-refractivity contribution in [2.45, 2.75) is 72.6 Å². The second-order valence-corrected chi connectivity index (χ2v) is 16.8. The van der Waals surface area contributed by atoms with Crippen LogP contribution in [-0.2, 0) is 27.6 Å². The summed E-state index contributed by atoms with van der Waals surface area (Å²) < 4.78 is 37.1. The van der Waals surface area contributed by atoms with Gasteiger partial charge in [0.25, 0.3) is 8.32 Å². The third-order valence-corrected chi connectivity index (χ3v) is 12.7. The van der Waals surface area contributed by atoms with E-state index in [9.17, 15) is 9.36 Å². The normalized spacial score (nSPS) is 13.9. The molecule has 2 aromatic carbocycles. The van der Waals surface area contributed by atoms with Crippen LogP contribution in [0.25, 0.3) is 0 Å². The molecule has 2 aromatic rings. The van der Waals surface area contributed by atoms with E-state index in [0.29, 0.717) is 0 Å². The highest BCUT2D eigenvalue weighted by atomic mass is 31.2. The van der Waals surface area contributed by atoms with E-state index in [1.165, 1.54) is 12.7 Å². The third-order valence-electron chi connectivity index (χ3n) is 5.69. The molecule has 1 atom stereocenters. The molecule has 0 heterocycles. The van der Waals surface area contributed by atoms with Gasteiger partial charge in [-0.2, -0.15) is 0 Å². The topological polar surface area (TPSA) is 71.1 Å². The minimum atomic E-state index is -3.51. The Kier molecular flexibility index (Phi) is 11.5. The van der Waals surface area contributed by atoms with Crippen LogP contribution in [0, 0.1) is 5.92 Å². The van der Waals surface area contributed by atoms with Gasteiger partial charge in [0.1, 0.15) is 0 Å². The van der Waals surface area contributed by atoms with E-state index in [1.54, 1.807) is 6.08 Å². The van der Waals surface area contributed by atoms with Gasteiger partial charge in [-0.05, 0) is 43.1 Å². The fourth-order valence-electron chi connectivity index (χ4n) is 4.29. The number of carbonyl (C=O) groups excluding carboxylic acids is 1. The summed E-state index contributed by atoms with van der Waals surface area (Å²) in [4.78, 5) is 11.7. The van der Waals surface area contributed by atoms with Crippen molar-refractivity contribution < 1.29 is 27.6 Å². The highest BCUT2D eigenvalue weighted by molar-refractivity contribution is 7.57. The fourth-order valence-corrected chi connectivity index (χ4v) is 10.7. The summed E-state index contributed by atoms with van der Waals surface area (Å²) in [5.74, 6) is 0.741. The van der Waals surface area contributed by atoms with E-state index in [2.05, 4.69) is 45.0 Å². The SMILES string of the molecule is CC(=O)OCC(C=CP(=O)(OC(C)C)OC(C)C)CO[Si](c1ccccc1)(c1ccccc1)C(C)(C)C. The van der Waals surface area contributed by atoms with Crippen LogP contribution in [0.3, 0.4) is 0 Å². The largest absolute Gasteiger partial charge is 0.465 e. The minimum Gasteiger partial charge on any atom is -0.465 e. The summed E-state index contributed by atoms with van der Waals surface area (Å²) >= 11 is 0. The zero-order valence-corrected chi connectivity index (χ0v) is 25.4. The molecule has 37 heavy (non-hydrogen) atoms. The average molecular weight is 547 g/mol. The highest BCUT2D eigenvalue weighted by Crippen LogP contribution is 2.52. The zero-order chi connectivity index (χ0) is 27.7. The lowest BCUT2D eigenvalue weighted by Crippen LogP contribution is -2.67. The molecule has 0 N–H and O–H groups in total. The maximum absolute atomic E-state index is 13.4. The van der Waals surface area contributed by atoms with E-state index in [0.717, 1.165) is 10.4 Å². The van der Waals surface area contributed by atoms with Crippen LogP contribution < -0.4 is 10.4 Å². The molecule has 0 aliphatic carbocycles. The summed E-state index contributed by atoms with van der Waals surface area (Å²) in [7, 11) is -6.31. The van der Waals surface area contributed by atoms with Crippen LogP contribution in [0.5, 0.6) is 0 Å². The average Bonchev–Trinajstić information content (AvgIpc) is 2.80. The van der Waals surface area contributed by atoms with Gasteiger partial charge >= 0.3 is 13.6 Å². The van der Waals surface area contributed by atoms with Crippen molar-refractivity contribution in [1.82, 2.24) is 0 Å². The Balaban J connectivity index is 2.50. The Labute approximate surface area is 224 Å². The van der Waals surface area contributed by atoms with Gasteiger partial charge in [-0.1, -0.05) is 87.5 Å². The summed E-state index contributed by atoms with van der Waals surface area (Å²) in [6.45, 7) is 15.6. The van der Waals surface area contributed by atoms with Crippen molar-refractivity contribution >= 4 is 32.3 Å². The molecule has 0 bridgehead atoms. The highest BCUT2D eigenvalue weighted by Gasteiger charge is 2.50. The Morgan fingerprint density at radius 1 is 0.865 bits per heavy atom. The number of ether oxygens (including phenoxy) is 1. The summed E-state index contributed by atoms with van der Waals surface area (Å²) in [5, 5.41) is 2.10. The predicted molar refractivity (Wildman–Crippen MR) is 153 cm³/mol. The Morgan fingerprint density at radius 3 is 1.70 bits per heavy atom. The molecule has 0 spiro atoms. The van der Waals surface area contributed by atoms with Crippen LogP contribution in [0.15, 0.2) is 72.6 Å². The molecular weight excluding hydrogens is 503 g/mol. The predicted octanol–water partition coefficient (Wildman–Crippen LogP) is 6.30. The molecule has 0 amide bonds. The number of esters is 1. The van der Waals surface area contributed by atoms with Crippen LogP contribution in [0.1, 0.15) is 55.4 Å². The van der Waals surface area contributed by atoms with E-state index < -0.39 is 15.9 Å². The lowest BCUT2D eigenvalue weighted by Gasteiger charge is -2.43. The van der Waals surface area contributed by atoms with Crippen molar-refractivity contribution in [3.05, 3.63) is 72.6 Å². The lowest BCUT2D eigenvalue weighted by atomic mass is 10.2. The Bertz CT molecular complexity index is 994. The van der Waals surface area contributed by atoms with Crippen LogP contribution >= 0.6 is 7.60 Å². The van der Waals surface area contributed by atoms with Gasteiger partial charge in [0, 0.05) is 25.3 Å². The molecule has 0 saturated heterocycles. The second-order valence-electron chi connectivity index (χ2n) is 10.7. The molecule has 1 unspecified atom stereocenters. The maximum atomic E-state index is 13.4.